The zero-order valence-electron chi connectivity index (χ0n) is 12.2. The van der Waals surface area contributed by atoms with Crippen molar-refractivity contribution in [2.24, 2.45) is 5.11 Å². The van der Waals surface area contributed by atoms with Crippen molar-refractivity contribution in [3.05, 3.63) is 10.4 Å². The summed E-state index contributed by atoms with van der Waals surface area (Å²) in [7, 11) is 0. The van der Waals surface area contributed by atoms with Crippen molar-refractivity contribution >= 4 is 12.1 Å². The minimum absolute atomic E-state index is 0.155. The maximum atomic E-state index is 12.1. The van der Waals surface area contributed by atoms with Gasteiger partial charge in [0.1, 0.15) is 11.6 Å². The van der Waals surface area contributed by atoms with E-state index in [1.54, 1.807) is 27.7 Å². The maximum Gasteiger partial charge on any atom is 0.411 e. The van der Waals surface area contributed by atoms with E-state index < -0.39 is 29.7 Å². The predicted octanol–water partition coefficient (Wildman–Crippen LogP) is 2.24. The average molecular weight is 284 g/mol. The molecule has 1 heterocycles. The van der Waals surface area contributed by atoms with Gasteiger partial charge in [-0.05, 0) is 39.6 Å². The first-order valence-corrected chi connectivity index (χ1v) is 6.49. The summed E-state index contributed by atoms with van der Waals surface area (Å²) in [5.41, 5.74) is 7.81. The van der Waals surface area contributed by atoms with Gasteiger partial charge >= 0.3 is 12.1 Å². The van der Waals surface area contributed by atoms with E-state index in [9.17, 15) is 9.59 Å². The van der Waals surface area contributed by atoms with Gasteiger partial charge in [-0.1, -0.05) is 5.11 Å². The molecule has 1 aliphatic heterocycles. The number of azide groups is 1. The molecule has 8 nitrogen and oxygen atoms in total. The zero-order chi connectivity index (χ0) is 15.3. The second-order valence-electron chi connectivity index (χ2n) is 5.49. The van der Waals surface area contributed by atoms with E-state index in [4.69, 9.17) is 15.0 Å². The summed E-state index contributed by atoms with van der Waals surface area (Å²) < 4.78 is 10.2. The predicted molar refractivity (Wildman–Crippen MR) is 70.9 cm³/mol. The van der Waals surface area contributed by atoms with Crippen LogP contribution in [0.3, 0.4) is 0 Å². The van der Waals surface area contributed by atoms with Crippen molar-refractivity contribution in [3.63, 3.8) is 0 Å². The number of carbonyl (C=O) groups excluding carboxylic acids is 2. The molecule has 0 aliphatic carbocycles. The fourth-order valence-electron chi connectivity index (χ4n) is 1.95. The van der Waals surface area contributed by atoms with E-state index in [0.717, 1.165) is 0 Å². The SMILES string of the molecule is CCOC(=O)[C@@H]1C[C@@H](N=[N+]=[N-])CN1C(=O)OC(C)(C)C. The monoisotopic (exact) mass is 284 g/mol. The van der Waals surface area contributed by atoms with Crippen molar-refractivity contribution in [1.29, 1.82) is 0 Å². The number of hydrogen-bond donors (Lipinski definition) is 0. The van der Waals surface area contributed by atoms with Crippen LogP contribution in [0.25, 0.3) is 10.4 Å². The number of nitrogens with zero attached hydrogens (tertiary/aromatic N) is 4. The van der Waals surface area contributed by atoms with Crippen LogP contribution < -0.4 is 0 Å². The molecule has 0 spiro atoms. The molecule has 0 radical (unpaired) electrons. The molecule has 0 bridgehead atoms. The Balaban J connectivity index is 2.85. The van der Waals surface area contributed by atoms with Gasteiger partial charge in [0.25, 0.3) is 0 Å². The van der Waals surface area contributed by atoms with Crippen molar-refractivity contribution in [2.45, 2.75) is 51.8 Å². The minimum Gasteiger partial charge on any atom is -0.464 e. The summed E-state index contributed by atoms with van der Waals surface area (Å²) >= 11 is 0. The highest BCUT2D eigenvalue weighted by atomic mass is 16.6. The summed E-state index contributed by atoms with van der Waals surface area (Å²) in [5, 5.41) is 3.57. The highest BCUT2D eigenvalue weighted by molar-refractivity contribution is 5.82. The number of carbonyl (C=O) groups is 2. The standard InChI is InChI=1S/C12H20N4O4/c1-5-19-10(17)9-6-8(14-15-13)7-16(9)11(18)20-12(2,3)4/h8-9H,5-7H2,1-4H3/t8-,9+/m1/s1. The fourth-order valence-corrected chi connectivity index (χ4v) is 1.95. The maximum absolute atomic E-state index is 12.1. The topological polar surface area (TPSA) is 105 Å². The van der Waals surface area contributed by atoms with Crippen LogP contribution in [-0.4, -0.2) is 47.8 Å². The van der Waals surface area contributed by atoms with Gasteiger partial charge < -0.3 is 9.47 Å². The minimum atomic E-state index is -0.764. The third-order valence-electron chi connectivity index (χ3n) is 2.68. The van der Waals surface area contributed by atoms with Crippen molar-refractivity contribution in [3.8, 4) is 0 Å². The van der Waals surface area contributed by atoms with Gasteiger partial charge in [-0.2, -0.15) is 0 Å². The highest BCUT2D eigenvalue weighted by Gasteiger charge is 2.41. The van der Waals surface area contributed by atoms with E-state index >= 15 is 0 Å². The Morgan fingerprint density at radius 2 is 2.10 bits per heavy atom. The van der Waals surface area contributed by atoms with Gasteiger partial charge in [0.2, 0.25) is 0 Å². The molecule has 1 saturated heterocycles. The molecule has 20 heavy (non-hydrogen) atoms. The second kappa shape index (κ2) is 6.47. The van der Waals surface area contributed by atoms with Crippen LogP contribution >= 0.6 is 0 Å². The van der Waals surface area contributed by atoms with Gasteiger partial charge in [0.05, 0.1) is 12.6 Å². The first-order valence-electron chi connectivity index (χ1n) is 6.49. The number of hydrogen-bond acceptors (Lipinski definition) is 5. The molecular weight excluding hydrogens is 264 g/mol. The third kappa shape index (κ3) is 4.31. The Hall–Kier alpha value is -1.95. The Morgan fingerprint density at radius 3 is 2.60 bits per heavy atom. The quantitative estimate of drug-likeness (QED) is 0.343. The Kier molecular flexibility index (Phi) is 5.21. The summed E-state index contributed by atoms with van der Waals surface area (Å²) in [5.74, 6) is -0.506. The second-order valence-corrected chi connectivity index (χ2v) is 5.49. The summed E-state index contributed by atoms with van der Waals surface area (Å²) in [6.45, 7) is 7.30. The van der Waals surface area contributed by atoms with Gasteiger partial charge in [0.15, 0.2) is 0 Å². The molecule has 1 amide bonds. The molecule has 0 aromatic heterocycles. The lowest BCUT2D eigenvalue weighted by Gasteiger charge is -2.27. The van der Waals surface area contributed by atoms with Crippen LogP contribution in [0, 0.1) is 0 Å². The first-order chi connectivity index (χ1) is 9.28. The molecule has 112 valence electrons. The number of rotatable bonds is 3. The lowest BCUT2D eigenvalue weighted by atomic mass is 10.2. The highest BCUT2D eigenvalue weighted by Crippen LogP contribution is 2.24. The van der Waals surface area contributed by atoms with E-state index in [-0.39, 0.29) is 19.6 Å². The van der Waals surface area contributed by atoms with Crippen LogP contribution in [0.5, 0.6) is 0 Å². The van der Waals surface area contributed by atoms with Crippen LogP contribution in [0.1, 0.15) is 34.1 Å². The van der Waals surface area contributed by atoms with E-state index in [2.05, 4.69) is 10.0 Å². The molecule has 0 N–H and O–H groups in total. The summed E-state index contributed by atoms with van der Waals surface area (Å²) in [4.78, 5) is 27.9. The molecule has 1 rings (SSSR count). The molecule has 0 aromatic rings. The average Bonchev–Trinajstić information content (AvgIpc) is 2.72. The number of ether oxygens (including phenoxy) is 2. The zero-order valence-corrected chi connectivity index (χ0v) is 12.2. The Bertz CT molecular complexity index is 426. The Morgan fingerprint density at radius 1 is 1.45 bits per heavy atom. The largest absolute Gasteiger partial charge is 0.464 e. The molecular formula is C12H20N4O4. The smallest absolute Gasteiger partial charge is 0.411 e. The Labute approximate surface area is 117 Å². The van der Waals surface area contributed by atoms with Crippen LogP contribution in [0.15, 0.2) is 5.11 Å². The van der Waals surface area contributed by atoms with Crippen LogP contribution in [0.2, 0.25) is 0 Å². The van der Waals surface area contributed by atoms with Crippen LogP contribution in [0.4, 0.5) is 4.79 Å². The summed E-state index contributed by atoms with van der Waals surface area (Å²) in [6, 6.07) is -1.21. The van der Waals surface area contributed by atoms with Gasteiger partial charge in [-0.3, -0.25) is 4.90 Å². The van der Waals surface area contributed by atoms with Crippen LogP contribution in [-0.2, 0) is 14.3 Å². The van der Waals surface area contributed by atoms with Crippen molar-refractivity contribution < 1.29 is 19.1 Å². The molecule has 0 aromatic carbocycles. The van der Waals surface area contributed by atoms with Gasteiger partial charge in [-0.25, -0.2) is 9.59 Å². The molecule has 1 fully saturated rings. The van der Waals surface area contributed by atoms with E-state index in [1.165, 1.54) is 4.90 Å². The fraction of sp³-hybridized carbons (Fsp3) is 0.833. The normalized spacial score (nSPS) is 22.1. The third-order valence-corrected chi connectivity index (χ3v) is 2.68. The lowest BCUT2D eigenvalue weighted by molar-refractivity contribution is -0.148. The molecule has 1 aliphatic rings. The van der Waals surface area contributed by atoms with E-state index in [1.807, 2.05) is 0 Å². The van der Waals surface area contributed by atoms with Crippen molar-refractivity contribution in [2.75, 3.05) is 13.2 Å². The van der Waals surface area contributed by atoms with Gasteiger partial charge in [0, 0.05) is 11.5 Å². The van der Waals surface area contributed by atoms with Crippen molar-refractivity contribution in [1.82, 2.24) is 4.90 Å². The van der Waals surface area contributed by atoms with Gasteiger partial charge in [-0.15, -0.1) is 0 Å². The number of likely N-dealkylation sites (tertiary alicyclic amines) is 1. The lowest BCUT2D eigenvalue weighted by Crippen LogP contribution is -2.44. The molecule has 8 heteroatoms. The molecule has 2 atom stereocenters. The number of esters is 1. The summed E-state index contributed by atoms with van der Waals surface area (Å²) in [6.07, 6.45) is -0.353. The molecule has 0 unspecified atom stereocenters. The number of amides is 1. The molecule has 0 saturated carbocycles. The van der Waals surface area contributed by atoms with E-state index in [0.29, 0.717) is 0 Å². The first kappa shape index (κ1) is 16.1.